The zero-order chi connectivity index (χ0) is 14.0. The number of carbonyl (C=O) groups is 2. The number of nitrogens with zero attached hydrogens (tertiary/aromatic N) is 2. The number of carbonyl (C=O) groups excluding carboxylic acids is 1. The van der Waals surface area contributed by atoms with Crippen LogP contribution in [0.15, 0.2) is 12.1 Å². The second kappa shape index (κ2) is 5.35. The predicted molar refractivity (Wildman–Crippen MR) is 67.3 cm³/mol. The third-order valence-corrected chi connectivity index (χ3v) is 4.06. The molecule has 1 aliphatic rings. The zero-order valence-electron chi connectivity index (χ0n) is 9.94. The van der Waals surface area contributed by atoms with E-state index in [9.17, 15) is 19.7 Å². The Labute approximate surface area is 112 Å². The Morgan fingerprint density at radius 1 is 1.42 bits per heavy atom. The molecule has 1 aromatic heterocycles. The van der Waals surface area contributed by atoms with E-state index >= 15 is 0 Å². The highest BCUT2D eigenvalue weighted by molar-refractivity contribution is 7.17. The molecular weight excluding hydrogens is 272 g/mol. The van der Waals surface area contributed by atoms with Gasteiger partial charge in [-0.05, 0) is 25.3 Å². The zero-order valence-corrected chi connectivity index (χ0v) is 10.8. The van der Waals surface area contributed by atoms with Crippen molar-refractivity contribution in [3.05, 3.63) is 27.1 Å². The fraction of sp³-hybridized carbons (Fsp3) is 0.455. The van der Waals surface area contributed by atoms with Gasteiger partial charge in [-0.2, -0.15) is 0 Å². The van der Waals surface area contributed by atoms with Crippen LogP contribution < -0.4 is 0 Å². The molecule has 8 heteroatoms. The van der Waals surface area contributed by atoms with E-state index in [1.165, 1.54) is 17.0 Å². The first kappa shape index (κ1) is 13.5. The molecule has 19 heavy (non-hydrogen) atoms. The fourth-order valence-corrected chi connectivity index (χ4v) is 2.89. The molecule has 1 amide bonds. The molecule has 0 aliphatic carbocycles. The summed E-state index contributed by atoms with van der Waals surface area (Å²) in [6.45, 7) is 0.376. The maximum atomic E-state index is 12.2. The monoisotopic (exact) mass is 284 g/mol. The number of hydrogen-bond donors (Lipinski definition) is 1. The van der Waals surface area contributed by atoms with Crippen LogP contribution in [0.25, 0.3) is 0 Å². The van der Waals surface area contributed by atoms with Gasteiger partial charge in [-0.1, -0.05) is 11.3 Å². The summed E-state index contributed by atoms with van der Waals surface area (Å²) in [4.78, 5) is 34.8. The predicted octanol–water partition coefficient (Wildman–Crippen LogP) is 1.74. The van der Waals surface area contributed by atoms with Gasteiger partial charge in [-0.15, -0.1) is 0 Å². The van der Waals surface area contributed by atoms with Crippen LogP contribution in [0.5, 0.6) is 0 Å². The van der Waals surface area contributed by atoms with E-state index in [1.807, 2.05) is 0 Å². The summed E-state index contributed by atoms with van der Waals surface area (Å²) in [5, 5.41) is 19.6. The van der Waals surface area contributed by atoms with Gasteiger partial charge in [-0.25, -0.2) is 4.79 Å². The lowest BCUT2D eigenvalue weighted by molar-refractivity contribution is -0.380. The molecule has 0 bridgehead atoms. The molecule has 1 fully saturated rings. The largest absolute Gasteiger partial charge is 0.480 e. The van der Waals surface area contributed by atoms with Crippen molar-refractivity contribution in [3.63, 3.8) is 0 Å². The molecule has 1 unspecified atom stereocenters. The van der Waals surface area contributed by atoms with Crippen molar-refractivity contribution < 1.29 is 19.6 Å². The van der Waals surface area contributed by atoms with Crippen LogP contribution in [0.1, 0.15) is 28.9 Å². The Morgan fingerprint density at radius 2 is 2.16 bits per heavy atom. The van der Waals surface area contributed by atoms with E-state index in [4.69, 9.17) is 5.11 Å². The number of rotatable bonds is 3. The summed E-state index contributed by atoms with van der Waals surface area (Å²) in [5.41, 5.74) is 0. The second-order valence-electron chi connectivity index (χ2n) is 4.24. The van der Waals surface area contributed by atoms with Crippen molar-refractivity contribution >= 4 is 28.2 Å². The topological polar surface area (TPSA) is 101 Å². The average molecular weight is 284 g/mol. The van der Waals surface area contributed by atoms with E-state index in [1.54, 1.807) is 0 Å². The minimum atomic E-state index is -1.03. The Hall–Kier alpha value is -1.96. The number of carboxylic acid groups (broad SMARTS) is 1. The smallest absolute Gasteiger partial charge is 0.326 e. The quantitative estimate of drug-likeness (QED) is 0.673. The molecule has 1 aliphatic heterocycles. The average Bonchev–Trinajstić information content (AvgIpc) is 2.87. The highest BCUT2D eigenvalue weighted by atomic mass is 32.1. The van der Waals surface area contributed by atoms with Gasteiger partial charge in [-0.3, -0.25) is 14.9 Å². The highest BCUT2D eigenvalue weighted by Gasteiger charge is 2.33. The lowest BCUT2D eigenvalue weighted by Crippen LogP contribution is -2.47. The molecular formula is C11H12N2O5S. The molecule has 1 N–H and O–H groups in total. The Balaban J connectivity index is 2.21. The van der Waals surface area contributed by atoms with Gasteiger partial charge in [0.1, 0.15) is 6.04 Å². The Kier molecular flexibility index (Phi) is 3.79. The summed E-state index contributed by atoms with van der Waals surface area (Å²) in [5.74, 6) is -1.47. The Morgan fingerprint density at radius 3 is 2.74 bits per heavy atom. The maximum absolute atomic E-state index is 12.2. The molecule has 0 saturated carbocycles. The van der Waals surface area contributed by atoms with E-state index in [0.29, 0.717) is 13.0 Å². The van der Waals surface area contributed by atoms with Gasteiger partial charge >= 0.3 is 11.0 Å². The first-order chi connectivity index (χ1) is 9.00. The molecule has 2 heterocycles. The minimum absolute atomic E-state index is 0.118. The lowest BCUT2D eigenvalue weighted by Gasteiger charge is -2.32. The number of hydrogen-bond acceptors (Lipinski definition) is 5. The van der Waals surface area contributed by atoms with Crippen molar-refractivity contribution in [2.45, 2.75) is 25.3 Å². The van der Waals surface area contributed by atoms with Crippen LogP contribution in [0.2, 0.25) is 0 Å². The van der Waals surface area contributed by atoms with E-state index in [-0.39, 0.29) is 9.88 Å². The van der Waals surface area contributed by atoms with Crippen LogP contribution in [0.3, 0.4) is 0 Å². The van der Waals surface area contributed by atoms with E-state index < -0.39 is 22.8 Å². The first-order valence-corrected chi connectivity index (χ1v) is 6.60. The molecule has 0 radical (unpaired) electrons. The number of likely N-dealkylation sites (tertiary alicyclic amines) is 1. The number of thiophene rings is 1. The van der Waals surface area contributed by atoms with Crippen LogP contribution >= 0.6 is 11.3 Å². The maximum Gasteiger partial charge on any atom is 0.326 e. The summed E-state index contributed by atoms with van der Waals surface area (Å²) >= 11 is 0.773. The molecule has 1 aromatic rings. The molecule has 2 rings (SSSR count). The highest BCUT2D eigenvalue weighted by Crippen LogP contribution is 2.27. The fourth-order valence-electron chi connectivity index (χ4n) is 2.11. The number of nitro groups is 1. The van der Waals surface area contributed by atoms with E-state index in [2.05, 4.69) is 0 Å². The molecule has 7 nitrogen and oxygen atoms in total. The number of aliphatic carboxylic acids is 1. The van der Waals surface area contributed by atoms with Crippen LogP contribution in [-0.4, -0.2) is 39.4 Å². The molecule has 1 atom stereocenters. The number of piperidine rings is 1. The van der Waals surface area contributed by atoms with Gasteiger partial charge < -0.3 is 10.0 Å². The van der Waals surface area contributed by atoms with Crippen molar-refractivity contribution in [2.24, 2.45) is 0 Å². The number of amides is 1. The molecule has 0 aromatic carbocycles. The van der Waals surface area contributed by atoms with Crippen molar-refractivity contribution in [1.82, 2.24) is 4.90 Å². The molecule has 102 valence electrons. The van der Waals surface area contributed by atoms with Gasteiger partial charge in [0.05, 0.1) is 9.80 Å². The standard InChI is InChI=1S/C11H12N2O5S/c14-10(8-4-5-9(19-8)13(17)18)12-6-2-1-3-7(12)11(15)16/h4-5,7H,1-3,6H2,(H,15,16). The summed E-state index contributed by atoms with van der Waals surface area (Å²) < 4.78 is 0. The van der Waals surface area contributed by atoms with Crippen molar-refractivity contribution in [1.29, 1.82) is 0 Å². The summed E-state index contributed by atoms with van der Waals surface area (Å²) in [6.07, 6.45) is 1.95. The van der Waals surface area contributed by atoms with Crippen LogP contribution in [-0.2, 0) is 4.79 Å². The third kappa shape index (κ3) is 2.73. The lowest BCUT2D eigenvalue weighted by atomic mass is 10.0. The van der Waals surface area contributed by atoms with Gasteiger partial charge in [0.25, 0.3) is 5.91 Å². The van der Waals surface area contributed by atoms with Gasteiger partial charge in [0.2, 0.25) is 0 Å². The number of carboxylic acids is 1. The third-order valence-electron chi connectivity index (χ3n) is 3.03. The van der Waals surface area contributed by atoms with E-state index in [0.717, 1.165) is 24.2 Å². The SMILES string of the molecule is O=C(O)C1CCCCN1C(=O)c1ccc([N+](=O)[O-])s1. The molecule has 0 spiro atoms. The normalized spacial score (nSPS) is 19.2. The first-order valence-electron chi connectivity index (χ1n) is 5.78. The Bertz CT molecular complexity index is 527. The second-order valence-corrected chi connectivity index (χ2v) is 5.31. The summed E-state index contributed by atoms with van der Waals surface area (Å²) in [7, 11) is 0. The van der Waals surface area contributed by atoms with Gasteiger partial charge in [0.15, 0.2) is 0 Å². The van der Waals surface area contributed by atoms with Crippen LogP contribution in [0, 0.1) is 10.1 Å². The van der Waals surface area contributed by atoms with Gasteiger partial charge in [0, 0.05) is 12.6 Å². The summed E-state index contributed by atoms with van der Waals surface area (Å²) in [6, 6.07) is 1.80. The minimum Gasteiger partial charge on any atom is -0.480 e. The van der Waals surface area contributed by atoms with Crippen molar-refractivity contribution in [2.75, 3.05) is 6.54 Å². The van der Waals surface area contributed by atoms with Crippen LogP contribution in [0.4, 0.5) is 5.00 Å². The molecule has 1 saturated heterocycles. The van der Waals surface area contributed by atoms with Crippen molar-refractivity contribution in [3.8, 4) is 0 Å².